The van der Waals surface area contributed by atoms with Gasteiger partial charge in [0, 0.05) is 30.3 Å². The first kappa shape index (κ1) is 7.99. The Morgan fingerprint density at radius 1 is 1.21 bits per heavy atom. The molecule has 2 aromatic rings. The molecule has 0 N–H and O–H groups in total. The molecule has 0 spiro atoms. The third kappa shape index (κ3) is 1.13. The molecule has 0 radical (unpaired) electrons. The normalized spacial score (nSPS) is 14.3. The fraction of sp³-hybridized carbons (Fsp3) is 0.222. The van der Waals surface area contributed by atoms with Gasteiger partial charge >= 0.3 is 0 Å². The predicted octanol–water partition coefficient (Wildman–Crippen LogP) is 1.45. The zero-order chi connectivity index (χ0) is 9.38. The Morgan fingerprint density at radius 3 is 2.93 bits per heavy atom. The monoisotopic (exact) mass is 204 g/mol. The molecule has 70 valence electrons. The summed E-state index contributed by atoms with van der Waals surface area (Å²) >= 11 is 1.76. The molecule has 3 heterocycles. The summed E-state index contributed by atoms with van der Waals surface area (Å²) in [5.41, 5.74) is 1.08. The van der Waals surface area contributed by atoms with E-state index in [1.54, 1.807) is 24.2 Å². The molecule has 4 nitrogen and oxygen atoms in total. The van der Waals surface area contributed by atoms with Crippen molar-refractivity contribution in [3.63, 3.8) is 0 Å². The van der Waals surface area contributed by atoms with Gasteiger partial charge in [-0.15, -0.1) is 10.2 Å². The predicted molar refractivity (Wildman–Crippen MR) is 54.0 cm³/mol. The van der Waals surface area contributed by atoms with Gasteiger partial charge in [-0.3, -0.25) is 4.98 Å². The molecule has 0 fully saturated rings. The fourth-order valence-corrected chi connectivity index (χ4v) is 2.43. The van der Waals surface area contributed by atoms with E-state index in [1.165, 1.54) is 0 Å². The maximum absolute atomic E-state index is 4.17. The summed E-state index contributed by atoms with van der Waals surface area (Å²) in [6, 6.07) is 3.92. The van der Waals surface area contributed by atoms with Gasteiger partial charge in [0.2, 0.25) is 0 Å². The summed E-state index contributed by atoms with van der Waals surface area (Å²) in [6.07, 6.45) is 3.55. The maximum atomic E-state index is 4.17. The molecule has 0 atom stereocenters. The maximum Gasteiger partial charge on any atom is 0.191 e. The van der Waals surface area contributed by atoms with Crippen molar-refractivity contribution < 1.29 is 0 Å². The minimum Gasteiger partial charge on any atom is -0.301 e. The van der Waals surface area contributed by atoms with Crippen LogP contribution in [0.5, 0.6) is 0 Å². The van der Waals surface area contributed by atoms with Gasteiger partial charge in [0.25, 0.3) is 0 Å². The first-order valence-corrected chi connectivity index (χ1v) is 5.40. The molecule has 0 saturated heterocycles. The van der Waals surface area contributed by atoms with Crippen molar-refractivity contribution in [3.05, 3.63) is 24.5 Å². The molecule has 1 aliphatic rings. The second kappa shape index (κ2) is 3.09. The van der Waals surface area contributed by atoms with Crippen LogP contribution in [-0.2, 0) is 6.54 Å². The van der Waals surface area contributed by atoms with Crippen LogP contribution < -0.4 is 0 Å². The average molecular weight is 204 g/mol. The standard InChI is InChI=1S/C9H8N4S/c1-3-10-4-2-7(1)8-11-12-9-13(8)5-6-14-9/h1-4H,5-6H2. The van der Waals surface area contributed by atoms with Crippen LogP contribution in [-0.4, -0.2) is 25.5 Å². The van der Waals surface area contributed by atoms with Crippen LogP contribution in [0, 0.1) is 0 Å². The summed E-state index contributed by atoms with van der Waals surface area (Å²) in [4.78, 5) is 3.99. The largest absolute Gasteiger partial charge is 0.301 e. The lowest BCUT2D eigenvalue weighted by Crippen LogP contribution is -1.97. The summed E-state index contributed by atoms with van der Waals surface area (Å²) in [5.74, 6) is 2.05. The van der Waals surface area contributed by atoms with Crippen molar-refractivity contribution in [2.45, 2.75) is 11.7 Å². The molecule has 0 aliphatic carbocycles. The van der Waals surface area contributed by atoms with E-state index in [-0.39, 0.29) is 0 Å². The topological polar surface area (TPSA) is 43.6 Å². The van der Waals surface area contributed by atoms with Gasteiger partial charge in [-0.2, -0.15) is 0 Å². The number of nitrogens with zero attached hydrogens (tertiary/aromatic N) is 4. The van der Waals surface area contributed by atoms with Gasteiger partial charge in [0.05, 0.1) is 0 Å². The number of fused-ring (bicyclic) bond motifs is 1. The second-order valence-corrected chi connectivity index (χ2v) is 4.10. The molecule has 0 bridgehead atoms. The van der Waals surface area contributed by atoms with Crippen LogP contribution in [0.1, 0.15) is 0 Å². The number of thioether (sulfide) groups is 1. The molecule has 3 rings (SSSR count). The molecule has 0 aromatic carbocycles. The minimum atomic E-state index is 0.951. The van der Waals surface area contributed by atoms with Crippen molar-refractivity contribution in [3.8, 4) is 11.4 Å². The van der Waals surface area contributed by atoms with E-state index in [0.29, 0.717) is 0 Å². The Morgan fingerprint density at radius 2 is 2.07 bits per heavy atom. The minimum absolute atomic E-state index is 0.951. The molecular weight excluding hydrogens is 196 g/mol. The molecule has 14 heavy (non-hydrogen) atoms. The Hall–Kier alpha value is -1.36. The quantitative estimate of drug-likeness (QED) is 0.705. The van der Waals surface area contributed by atoms with Crippen LogP contribution in [0.25, 0.3) is 11.4 Å². The molecule has 5 heteroatoms. The van der Waals surface area contributed by atoms with Crippen molar-refractivity contribution in [2.24, 2.45) is 0 Å². The van der Waals surface area contributed by atoms with E-state index < -0.39 is 0 Å². The third-order valence-electron chi connectivity index (χ3n) is 2.20. The second-order valence-electron chi connectivity index (χ2n) is 3.04. The Bertz CT molecular complexity index is 451. The van der Waals surface area contributed by atoms with Crippen LogP contribution in [0.4, 0.5) is 0 Å². The Balaban J connectivity index is 2.13. The fourth-order valence-electron chi connectivity index (χ4n) is 1.54. The summed E-state index contributed by atoms with van der Waals surface area (Å²) in [7, 11) is 0. The van der Waals surface area contributed by atoms with Gasteiger partial charge in [-0.25, -0.2) is 0 Å². The SMILES string of the molecule is c1cc(-c2nnc3n2CCS3)ccn1. The van der Waals surface area contributed by atoms with Crippen LogP contribution in [0.15, 0.2) is 29.7 Å². The van der Waals surface area contributed by atoms with Crippen molar-refractivity contribution in [1.82, 2.24) is 19.7 Å². The first-order valence-electron chi connectivity index (χ1n) is 4.41. The Labute approximate surface area is 85.4 Å². The summed E-state index contributed by atoms with van der Waals surface area (Å²) in [5, 5.41) is 9.33. The molecule has 1 aliphatic heterocycles. The van der Waals surface area contributed by atoms with Gasteiger partial charge in [0.15, 0.2) is 11.0 Å². The van der Waals surface area contributed by atoms with Crippen LogP contribution in [0.2, 0.25) is 0 Å². The van der Waals surface area contributed by atoms with E-state index in [9.17, 15) is 0 Å². The molecule has 2 aromatic heterocycles. The molecular formula is C9H8N4S. The van der Waals surface area contributed by atoms with Gasteiger partial charge < -0.3 is 4.57 Å². The van der Waals surface area contributed by atoms with E-state index in [4.69, 9.17) is 0 Å². The third-order valence-corrected chi connectivity index (χ3v) is 3.15. The van der Waals surface area contributed by atoms with E-state index >= 15 is 0 Å². The smallest absolute Gasteiger partial charge is 0.191 e. The highest BCUT2D eigenvalue weighted by atomic mass is 32.2. The van der Waals surface area contributed by atoms with Crippen LogP contribution in [0.3, 0.4) is 0 Å². The molecule has 0 saturated carbocycles. The summed E-state index contributed by atoms with van der Waals surface area (Å²) in [6.45, 7) is 1.00. The average Bonchev–Trinajstić information content (AvgIpc) is 2.79. The first-order chi connectivity index (χ1) is 6.95. The van der Waals surface area contributed by atoms with Gasteiger partial charge in [-0.1, -0.05) is 11.8 Å². The van der Waals surface area contributed by atoms with Crippen molar-refractivity contribution in [1.29, 1.82) is 0 Å². The lowest BCUT2D eigenvalue weighted by atomic mass is 10.2. The zero-order valence-electron chi connectivity index (χ0n) is 7.42. The number of rotatable bonds is 1. The Kier molecular flexibility index (Phi) is 1.77. The molecule has 0 unspecified atom stereocenters. The number of pyridine rings is 1. The van der Waals surface area contributed by atoms with E-state index in [2.05, 4.69) is 19.7 Å². The number of hydrogen-bond donors (Lipinski definition) is 0. The van der Waals surface area contributed by atoms with Crippen molar-refractivity contribution >= 4 is 11.8 Å². The molecule has 0 amide bonds. The van der Waals surface area contributed by atoms with Crippen LogP contribution >= 0.6 is 11.8 Å². The highest BCUT2D eigenvalue weighted by Crippen LogP contribution is 2.28. The van der Waals surface area contributed by atoms with E-state index in [0.717, 1.165) is 28.8 Å². The summed E-state index contributed by atoms with van der Waals surface area (Å²) < 4.78 is 2.15. The highest BCUT2D eigenvalue weighted by Gasteiger charge is 2.18. The van der Waals surface area contributed by atoms with Gasteiger partial charge in [-0.05, 0) is 12.1 Å². The number of hydrogen-bond acceptors (Lipinski definition) is 4. The lowest BCUT2D eigenvalue weighted by Gasteiger charge is -2.00. The number of aromatic nitrogens is 4. The van der Waals surface area contributed by atoms with Crippen molar-refractivity contribution in [2.75, 3.05) is 5.75 Å². The lowest BCUT2D eigenvalue weighted by molar-refractivity contribution is 0.726. The van der Waals surface area contributed by atoms with Gasteiger partial charge in [0.1, 0.15) is 0 Å². The van der Waals surface area contributed by atoms with E-state index in [1.807, 2.05) is 12.1 Å². The zero-order valence-corrected chi connectivity index (χ0v) is 8.24. The highest BCUT2D eigenvalue weighted by molar-refractivity contribution is 7.99.